The van der Waals surface area contributed by atoms with Crippen molar-refractivity contribution in [2.45, 2.75) is 32.0 Å². The van der Waals surface area contributed by atoms with E-state index in [0.29, 0.717) is 12.1 Å². The van der Waals surface area contributed by atoms with Crippen molar-refractivity contribution in [1.29, 1.82) is 0 Å². The lowest BCUT2D eigenvalue weighted by molar-refractivity contribution is -0.153. The summed E-state index contributed by atoms with van der Waals surface area (Å²) in [5.41, 5.74) is 5.88. The standard InChI is InChI=1S/C14H19F3N2O3/c1-9(18)3-6-13(20)19-10-4-5-11(21-2)12(7-10)22-8-14(15,16)17/h4-5,7,9H,3,6,8,18H2,1-2H3,(H,19,20). The minimum absolute atomic E-state index is 0.0928. The van der Waals surface area contributed by atoms with Crippen LogP contribution in [0.3, 0.4) is 0 Å². The molecule has 1 amide bonds. The zero-order valence-corrected chi connectivity index (χ0v) is 12.4. The van der Waals surface area contributed by atoms with Crippen LogP contribution in [-0.2, 0) is 4.79 Å². The zero-order valence-electron chi connectivity index (χ0n) is 12.4. The Morgan fingerprint density at radius 2 is 2.05 bits per heavy atom. The fourth-order valence-electron chi connectivity index (χ4n) is 1.61. The molecule has 8 heteroatoms. The summed E-state index contributed by atoms with van der Waals surface area (Å²) in [6.45, 7) is 0.342. The van der Waals surface area contributed by atoms with Crippen LogP contribution in [0.2, 0.25) is 0 Å². The van der Waals surface area contributed by atoms with E-state index in [4.69, 9.17) is 15.2 Å². The lowest BCUT2D eigenvalue weighted by atomic mass is 10.2. The van der Waals surface area contributed by atoms with Crippen LogP contribution >= 0.6 is 0 Å². The van der Waals surface area contributed by atoms with Gasteiger partial charge in [-0.1, -0.05) is 0 Å². The molecule has 0 heterocycles. The smallest absolute Gasteiger partial charge is 0.422 e. The summed E-state index contributed by atoms with van der Waals surface area (Å²) in [4.78, 5) is 11.7. The van der Waals surface area contributed by atoms with Crippen LogP contribution in [0, 0.1) is 0 Å². The molecule has 3 N–H and O–H groups in total. The third-order valence-electron chi connectivity index (χ3n) is 2.67. The number of carbonyl (C=O) groups is 1. The minimum atomic E-state index is -4.46. The molecule has 1 aromatic carbocycles. The number of amides is 1. The molecular formula is C14H19F3N2O3. The Morgan fingerprint density at radius 1 is 1.36 bits per heavy atom. The van der Waals surface area contributed by atoms with E-state index in [1.165, 1.54) is 25.3 Å². The maximum Gasteiger partial charge on any atom is 0.422 e. The van der Waals surface area contributed by atoms with E-state index < -0.39 is 12.8 Å². The molecule has 0 bridgehead atoms. The topological polar surface area (TPSA) is 73.6 Å². The van der Waals surface area contributed by atoms with Crippen molar-refractivity contribution in [3.63, 3.8) is 0 Å². The molecule has 5 nitrogen and oxygen atoms in total. The van der Waals surface area contributed by atoms with Gasteiger partial charge in [-0.2, -0.15) is 13.2 Å². The Morgan fingerprint density at radius 3 is 2.59 bits per heavy atom. The third kappa shape index (κ3) is 6.66. The van der Waals surface area contributed by atoms with E-state index >= 15 is 0 Å². The normalized spacial score (nSPS) is 12.6. The largest absolute Gasteiger partial charge is 0.493 e. The molecule has 1 aromatic rings. The van der Waals surface area contributed by atoms with Crippen LogP contribution in [0.5, 0.6) is 11.5 Å². The van der Waals surface area contributed by atoms with Crippen molar-refractivity contribution in [2.75, 3.05) is 19.0 Å². The van der Waals surface area contributed by atoms with Gasteiger partial charge in [0.1, 0.15) is 0 Å². The first-order valence-corrected chi connectivity index (χ1v) is 6.64. The van der Waals surface area contributed by atoms with Crippen molar-refractivity contribution in [2.24, 2.45) is 5.73 Å². The molecule has 0 spiro atoms. The molecule has 0 aromatic heterocycles. The van der Waals surface area contributed by atoms with E-state index in [-0.39, 0.29) is 29.9 Å². The molecule has 0 aliphatic rings. The molecule has 0 saturated carbocycles. The molecule has 0 fully saturated rings. The van der Waals surface area contributed by atoms with E-state index in [9.17, 15) is 18.0 Å². The van der Waals surface area contributed by atoms with Gasteiger partial charge in [0.15, 0.2) is 18.1 Å². The highest BCUT2D eigenvalue weighted by molar-refractivity contribution is 5.91. The second-order valence-corrected chi connectivity index (χ2v) is 4.83. The molecule has 124 valence electrons. The Hall–Kier alpha value is -1.96. The van der Waals surface area contributed by atoms with E-state index in [0.717, 1.165) is 0 Å². The predicted octanol–water partition coefficient (Wildman–Crippen LogP) is 2.70. The monoisotopic (exact) mass is 320 g/mol. The molecule has 1 atom stereocenters. The molecule has 1 unspecified atom stereocenters. The fourth-order valence-corrected chi connectivity index (χ4v) is 1.61. The number of carbonyl (C=O) groups excluding carboxylic acids is 1. The van der Waals surface area contributed by atoms with Gasteiger partial charge < -0.3 is 20.5 Å². The van der Waals surface area contributed by atoms with Crippen LogP contribution in [0.25, 0.3) is 0 Å². The first-order valence-electron chi connectivity index (χ1n) is 6.64. The van der Waals surface area contributed by atoms with E-state index in [2.05, 4.69) is 5.32 Å². The van der Waals surface area contributed by atoms with Crippen LogP contribution in [0.1, 0.15) is 19.8 Å². The van der Waals surface area contributed by atoms with E-state index in [1.54, 1.807) is 6.92 Å². The number of hydrogen-bond acceptors (Lipinski definition) is 4. The number of alkyl halides is 3. The van der Waals surface area contributed by atoms with Gasteiger partial charge in [0.2, 0.25) is 5.91 Å². The lowest BCUT2D eigenvalue weighted by Crippen LogP contribution is -2.20. The van der Waals surface area contributed by atoms with Crippen LogP contribution in [-0.4, -0.2) is 31.8 Å². The second kappa shape index (κ2) is 7.88. The highest BCUT2D eigenvalue weighted by Crippen LogP contribution is 2.31. The first kappa shape index (κ1) is 18.1. The molecule has 0 aliphatic carbocycles. The summed E-state index contributed by atoms with van der Waals surface area (Å²) >= 11 is 0. The van der Waals surface area contributed by atoms with Gasteiger partial charge in [0.25, 0.3) is 0 Å². The van der Waals surface area contributed by atoms with Gasteiger partial charge in [-0.25, -0.2) is 0 Å². The Balaban J connectivity index is 2.74. The molecule has 0 radical (unpaired) electrons. The Bertz CT molecular complexity index is 505. The number of rotatable bonds is 7. The number of anilines is 1. The zero-order chi connectivity index (χ0) is 16.8. The summed E-state index contributed by atoms with van der Waals surface area (Å²) in [7, 11) is 1.32. The maximum atomic E-state index is 12.2. The molecule has 0 aliphatic heterocycles. The average Bonchev–Trinajstić information content (AvgIpc) is 2.42. The van der Waals surface area contributed by atoms with Crippen LogP contribution < -0.4 is 20.5 Å². The number of nitrogens with two attached hydrogens (primary N) is 1. The van der Waals surface area contributed by atoms with Crippen molar-refractivity contribution < 1.29 is 27.4 Å². The minimum Gasteiger partial charge on any atom is -0.493 e. The summed E-state index contributed by atoms with van der Waals surface area (Å²) in [5, 5.41) is 2.57. The van der Waals surface area contributed by atoms with Crippen molar-refractivity contribution in [1.82, 2.24) is 0 Å². The van der Waals surface area contributed by atoms with Crippen LogP contribution in [0.15, 0.2) is 18.2 Å². The summed E-state index contributed by atoms with van der Waals surface area (Å²) in [6, 6.07) is 4.12. The number of hydrogen-bond donors (Lipinski definition) is 2. The number of ether oxygens (including phenoxy) is 2. The number of methoxy groups -OCH3 is 1. The summed E-state index contributed by atoms with van der Waals surface area (Å²) in [6.07, 6.45) is -3.72. The predicted molar refractivity (Wildman–Crippen MR) is 76.1 cm³/mol. The Kier molecular flexibility index (Phi) is 6.48. The SMILES string of the molecule is COc1ccc(NC(=O)CCC(C)N)cc1OCC(F)(F)F. The number of nitrogens with one attached hydrogen (secondary N) is 1. The van der Waals surface area contributed by atoms with Crippen LogP contribution in [0.4, 0.5) is 18.9 Å². The van der Waals surface area contributed by atoms with Gasteiger partial charge in [-0.3, -0.25) is 4.79 Å². The quantitative estimate of drug-likeness (QED) is 0.810. The average molecular weight is 320 g/mol. The maximum absolute atomic E-state index is 12.2. The second-order valence-electron chi connectivity index (χ2n) is 4.83. The fraction of sp³-hybridized carbons (Fsp3) is 0.500. The first-order chi connectivity index (χ1) is 10.2. The molecule has 1 rings (SSSR count). The van der Waals surface area contributed by atoms with Crippen molar-refractivity contribution >= 4 is 11.6 Å². The van der Waals surface area contributed by atoms with Gasteiger partial charge in [0.05, 0.1) is 7.11 Å². The molecule has 22 heavy (non-hydrogen) atoms. The summed E-state index contributed by atoms with van der Waals surface area (Å²) < 4.78 is 46.3. The van der Waals surface area contributed by atoms with Gasteiger partial charge in [0, 0.05) is 24.2 Å². The van der Waals surface area contributed by atoms with Crippen molar-refractivity contribution in [3.8, 4) is 11.5 Å². The molecule has 0 saturated heterocycles. The third-order valence-corrected chi connectivity index (χ3v) is 2.67. The number of benzene rings is 1. The lowest BCUT2D eigenvalue weighted by Gasteiger charge is -2.14. The number of halogens is 3. The van der Waals surface area contributed by atoms with Gasteiger partial charge >= 0.3 is 6.18 Å². The highest BCUT2D eigenvalue weighted by atomic mass is 19.4. The van der Waals surface area contributed by atoms with E-state index in [1.807, 2.05) is 0 Å². The highest BCUT2D eigenvalue weighted by Gasteiger charge is 2.29. The Labute approximate surface area is 126 Å². The summed E-state index contributed by atoms with van der Waals surface area (Å²) in [5.74, 6) is -0.216. The van der Waals surface area contributed by atoms with Gasteiger partial charge in [-0.05, 0) is 25.5 Å². The van der Waals surface area contributed by atoms with Crippen molar-refractivity contribution in [3.05, 3.63) is 18.2 Å². The molecular weight excluding hydrogens is 301 g/mol. The van der Waals surface area contributed by atoms with Gasteiger partial charge in [-0.15, -0.1) is 0 Å².